The van der Waals surface area contributed by atoms with Crippen LogP contribution in [-0.2, 0) is 16.0 Å². The highest BCUT2D eigenvalue weighted by molar-refractivity contribution is 5.84. The van der Waals surface area contributed by atoms with Gasteiger partial charge in [0.25, 0.3) is 0 Å². The molecule has 1 atom stereocenters. The van der Waals surface area contributed by atoms with Crippen LogP contribution in [0.15, 0.2) is 18.2 Å². The fourth-order valence-electron chi connectivity index (χ4n) is 2.57. The van der Waals surface area contributed by atoms with Gasteiger partial charge in [0.2, 0.25) is 0 Å². The molecule has 0 saturated carbocycles. The number of carbonyl (C=O) groups is 2. The van der Waals surface area contributed by atoms with Crippen LogP contribution in [-0.4, -0.2) is 35.5 Å². The lowest BCUT2D eigenvalue weighted by atomic mass is 9.97. The Labute approximate surface area is 134 Å². The van der Waals surface area contributed by atoms with Gasteiger partial charge in [-0.1, -0.05) is 0 Å². The second kappa shape index (κ2) is 6.64. The summed E-state index contributed by atoms with van der Waals surface area (Å²) in [5, 5.41) is 0. The van der Waals surface area contributed by atoms with Crippen molar-refractivity contribution in [1.82, 2.24) is 4.90 Å². The number of nitrogens with zero attached hydrogens (tertiary/aromatic N) is 1. The standard InChI is InChI=1S/C17H21F2NO3/c1-17(2,3)23-16(22)20-5-4-12(10-20)15(21)8-11-6-13(18)9-14(19)7-11/h6-7,9,12H,4-5,8,10H2,1-3H3. The van der Waals surface area contributed by atoms with E-state index < -0.39 is 23.3 Å². The molecular weight excluding hydrogens is 304 g/mol. The summed E-state index contributed by atoms with van der Waals surface area (Å²) in [5.41, 5.74) is -0.277. The molecule has 0 spiro atoms. The Morgan fingerprint density at radius 2 is 1.83 bits per heavy atom. The van der Waals surface area contributed by atoms with Crippen LogP contribution in [0.1, 0.15) is 32.8 Å². The lowest BCUT2D eigenvalue weighted by molar-refractivity contribution is -0.121. The Balaban J connectivity index is 1.93. The van der Waals surface area contributed by atoms with Gasteiger partial charge in [-0.15, -0.1) is 0 Å². The molecule has 1 heterocycles. The summed E-state index contributed by atoms with van der Waals surface area (Å²) in [4.78, 5) is 25.7. The molecule has 0 bridgehead atoms. The van der Waals surface area contributed by atoms with Gasteiger partial charge in [-0.3, -0.25) is 4.79 Å². The van der Waals surface area contributed by atoms with Crippen molar-refractivity contribution < 1.29 is 23.1 Å². The van der Waals surface area contributed by atoms with E-state index in [1.807, 2.05) is 0 Å². The van der Waals surface area contributed by atoms with E-state index in [0.717, 1.165) is 18.2 Å². The molecule has 1 amide bonds. The van der Waals surface area contributed by atoms with Gasteiger partial charge >= 0.3 is 6.09 Å². The first-order valence-electron chi connectivity index (χ1n) is 7.59. The third-order valence-corrected chi connectivity index (χ3v) is 3.60. The van der Waals surface area contributed by atoms with Gasteiger partial charge in [0.15, 0.2) is 0 Å². The van der Waals surface area contributed by atoms with E-state index in [4.69, 9.17) is 4.74 Å². The molecule has 0 aliphatic carbocycles. The van der Waals surface area contributed by atoms with E-state index in [2.05, 4.69) is 0 Å². The van der Waals surface area contributed by atoms with Gasteiger partial charge in [0.1, 0.15) is 23.0 Å². The number of likely N-dealkylation sites (tertiary alicyclic amines) is 1. The Kier molecular flexibility index (Phi) is 5.02. The monoisotopic (exact) mass is 325 g/mol. The van der Waals surface area contributed by atoms with E-state index in [-0.39, 0.29) is 24.7 Å². The van der Waals surface area contributed by atoms with Gasteiger partial charge in [-0.25, -0.2) is 13.6 Å². The minimum absolute atomic E-state index is 0.0402. The number of amides is 1. The number of ketones is 1. The lowest BCUT2D eigenvalue weighted by Gasteiger charge is -2.24. The number of halogens is 2. The highest BCUT2D eigenvalue weighted by Crippen LogP contribution is 2.22. The molecule has 1 aliphatic rings. The van der Waals surface area contributed by atoms with E-state index >= 15 is 0 Å². The van der Waals surface area contributed by atoms with Crippen LogP contribution in [0, 0.1) is 17.6 Å². The van der Waals surface area contributed by atoms with E-state index in [9.17, 15) is 18.4 Å². The SMILES string of the molecule is CC(C)(C)OC(=O)N1CCC(C(=O)Cc2cc(F)cc(F)c2)C1. The Hall–Kier alpha value is -1.98. The fraction of sp³-hybridized carbons (Fsp3) is 0.529. The van der Waals surface area contributed by atoms with Crippen molar-refractivity contribution in [2.75, 3.05) is 13.1 Å². The first kappa shape index (κ1) is 17.4. The van der Waals surface area contributed by atoms with Crippen molar-refractivity contribution in [2.24, 2.45) is 5.92 Å². The smallest absolute Gasteiger partial charge is 0.410 e. The number of rotatable bonds is 3. The second-order valence-corrected chi connectivity index (χ2v) is 6.83. The second-order valence-electron chi connectivity index (χ2n) is 6.83. The van der Waals surface area contributed by atoms with Crippen molar-refractivity contribution in [2.45, 2.75) is 39.2 Å². The van der Waals surface area contributed by atoms with E-state index in [1.165, 1.54) is 4.90 Å². The first-order chi connectivity index (χ1) is 10.6. The summed E-state index contributed by atoms with van der Waals surface area (Å²) in [5.74, 6) is -1.85. The summed E-state index contributed by atoms with van der Waals surface area (Å²) in [6.07, 6.45) is 0.0572. The van der Waals surface area contributed by atoms with Crippen molar-refractivity contribution in [3.05, 3.63) is 35.4 Å². The summed E-state index contributed by atoms with van der Waals surface area (Å²) in [7, 11) is 0. The molecule has 6 heteroatoms. The van der Waals surface area contributed by atoms with Crippen LogP contribution in [0.25, 0.3) is 0 Å². The molecule has 4 nitrogen and oxygen atoms in total. The number of Topliss-reactive ketones (excluding diaryl/α,β-unsaturated/α-hetero) is 1. The third-order valence-electron chi connectivity index (χ3n) is 3.60. The molecule has 23 heavy (non-hydrogen) atoms. The quantitative estimate of drug-likeness (QED) is 0.856. The van der Waals surface area contributed by atoms with Gasteiger partial charge in [-0.2, -0.15) is 0 Å². The maximum Gasteiger partial charge on any atom is 0.410 e. The summed E-state index contributed by atoms with van der Waals surface area (Å²) >= 11 is 0. The number of hydrogen-bond donors (Lipinski definition) is 0. The average Bonchev–Trinajstić information content (AvgIpc) is 2.84. The number of carbonyl (C=O) groups excluding carboxylic acids is 2. The topological polar surface area (TPSA) is 46.6 Å². The summed E-state index contributed by atoms with van der Waals surface area (Å²) < 4.78 is 31.6. The zero-order valence-electron chi connectivity index (χ0n) is 13.6. The molecule has 1 saturated heterocycles. The van der Waals surface area contributed by atoms with Crippen LogP contribution < -0.4 is 0 Å². The van der Waals surface area contributed by atoms with Crippen molar-refractivity contribution in [3.8, 4) is 0 Å². The van der Waals surface area contributed by atoms with Crippen molar-refractivity contribution >= 4 is 11.9 Å². The van der Waals surface area contributed by atoms with Crippen LogP contribution in [0.3, 0.4) is 0 Å². The first-order valence-corrected chi connectivity index (χ1v) is 7.59. The van der Waals surface area contributed by atoms with Crippen molar-refractivity contribution in [3.63, 3.8) is 0 Å². The molecule has 1 fully saturated rings. The van der Waals surface area contributed by atoms with E-state index in [0.29, 0.717) is 18.5 Å². The van der Waals surface area contributed by atoms with Crippen LogP contribution in [0.2, 0.25) is 0 Å². The molecule has 1 aromatic rings. The summed E-state index contributed by atoms with van der Waals surface area (Å²) in [6, 6.07) is 3.08. The fourth-order valence-corrected chi connectivity index (χ4v) is 2.57. The normalized spacial score (nSPS) is 18.1. The van der Waals surface area contributed by atoms with Gasteiger partial charge in [-0.05, 0) is 44.9 Å². The molecule has 2 rings (SSSR count). The third kappa shape index (κ3) is 5.01. The highest BCUT2D eigenvalue weighted by atomic mass is 19.1. The largest absolute Gasteiger partial charge is 0.444 e. The maximum atomic E-state index is 13.2. The maximum absolute atomic E-state index is 13.2. The van der Waals surface area contributed by atoms with Gasteiger partial charge in [0, 0.05) is 31.5 Å². The van der Waals surface area contributed by atoms with Crippen LogP contribution in [0.5, 0.6) is 0 Å². The molecule has 1 unspecified atom stereocenters. The lowest BCUT2D eigenvalue weighted by Crippen LogP contribution is -2.36. The van der Waals surface area contributed by atoms with Gasteiger partial charge < -0.3 is 9.64 Å². The van der Waals surface area contributed by atoms with Crippen molar-refractivity contribution in [1.29, 1.82) is 0 Å². The highest BCUT2D eigenvalue weighted by Gasteiger charge is 2.33. The zero-order valence-corrected chi connectivity index (χ0v) is 13.6. The number of ether oxygens (including phenoxy) is 1. The number of benzene rings is 1. The van der Waals surface area contributed by atoms with Crippen LogP contribution in [0.4, 0.5) is 13.6 Å². The molecule has 1 aliphatic heterocycles. The summed E-state index contributed by atoms with van der Waals surface area (Å²) in [6.45, 7) is 6.07. The average molecular weight is 325 g/mol. The molecule has 126 valence electrons. The van der Waals surface area contributed by atoms with Gasteiger partial charge in [0.05, 0.1) is 0 Å². The molecule has 0 radical (unpaired) electrons. The molecule has 0 N–H and O–H groups in total. The Bertz CT molecular complexity index is 590. The van der Waals surface area contributed by atoms with Crippen LogP contribution >= 0.6 is 0 Å². The predicted octanol–water partition coefficient (Wildman–Crippen LogP) is 3.33. The predicted molar refractivity (Wildman–Crippen MR) is 81.0 cm³/mol. The Morgan fingerprint density at radius 3 is 2.39 bits per heavy atom. The van der Waals surface area contributed by atoms with E-state index in [1.54, 1.807) is 20.8 Å². The minimum atomic E-state index is -0.699. The zero-order chi connectivity index (χ0) is 17.2. The Morgan fingerprint density at radius 1 is 1.22 bits per heavy atom. The number of hydrogen-bond acceptors (Lipinski definition) is 3. The molecule has 0 aromatic heterocycles. The molecule has 1 aromatic carbocycles. The minimum Gasteiger partial charge on any atom is -0.444 e. The molecular formula is C17H21F2NO3.